The maximum atomic E-state index is 12.6. The molecule has 0 unspecified atom stereocenters. The van der Waals surface area contributed by atoms with Crippen LogP contribution in [0, 0.1) is 11.3 Å². The van der Waals surface area contributed by atoms with Gasteiger partial charge in [0.1, 0.15) is 11.1 Å². The van der Waals surface area contributed by atoms with Crippen LogP contribution in [0.3, 0.4) is 0 Å². The minimum Gasteiger partial charge on any atom is -0.342 e. The zero-order valence-corrected chi connectivity index (χ0v) is 17.3. The van der Waals surface area contributed by atoms with Crippen LogP contribution >= 0.6 is 11.3 Å². The number of hydrogen-bond acceptors (Lipinski definition) is 6. The number of hydrogen-bond donors (Lipinski definition) is 1. The molecule has 3 rings (SSSR count). The second kappa shape index (κ2) is 10.0. The number of nitrogens with zero attached hydrogens (tertiary/aromatic N) is 4. The van der Waals surface area contributed by atoms with Crippen molar-refractivity contribution in [2.24, 2.45) is 0 Å². The van der Waals surface area contributed by atoms with E-state index in [4.69, 9.17) is 5.26 Å². The van der Waals surface area contributed by atoms with Crippen LogP contribution in [0.5, 0.6) is 0 Å². The van der Waals surface area contributed by atoms with Gasteiger partial charge in [0, 0.05) is 39.3 Å². The van der Waals surface area contributed by atoms with E-state index in [1.54, 1.807) is 11.4 Å². The van der Waals surface area contributed by atoms with Gasteiger partial charge in [0.2, 0.25) is 11.8 Å². The molecule has 2 aliphatic heterocycles. The van der Waals surface area contributed by atoms with Crippen LogP contribution in [0.2, 0.25) is 0 Å². The molecule has 28 heavy (non-hydrogen) atoms. The third-order valence-corrected chi connectivity index (χ3v) is 6.50. The van der Waals surface area contributed by atoms with Crippen molar-refractivity contribution in [2.45, 2.75) is 38.6 Å². The molecule has 1 aromatic heterocycles. The lowest BCUT2D eigenvalue weighted by molar-refractivity contribution is -0.133. The highest BCUT2D eigenvalue weighted by atomic mass is 32.1. The number of carbonyl (C=O) groups is 2. The summed E-state index contributed by atoms with van der Waals surface area (Å²) in [5.41, 5.74) is 0.502. The number of nitriles is 1. The Bertz CT molecular complexity index is 712. The summed E-state index contributed by atoms with van der Waals surface area (Å²) in [6.45, 7) is 7.27. The van der Waals surface area contributed by atoms with Crippen LogP contribution in [0.4, 0.5) is 5.00 Å². The molecule has 1 N–H and O–H groups in total. The first-order chi connectivity index (χ1) is 13.6. The molecule has 1 atom stereocenters. The van der Waals surface area contributed by atoms with Gasteiger partial charge in [0.05, 0.1) is 18.2 Å². The third-order valence-electron chi connectivity index (χ3n) is 5.67. The van der Waals surface area contributed by atoms with Gasteiger partial charge in [-0.3, -0.25) is 19.4 Å². The summed E-state index contributed by atoms with van der Waals surface area (Å²) in [7, 11) is 0. The number of rotatable bonds is 5. The molecule has 0 bridgehead atoms. The summed E-state index contributed by atoms with van der Waals surface area (Å²) in [5, 5.41) is 14.4. The molecule has 0 radical (unpaired) electrons. The summed E-state index contributed by atoms with van der Waals surface area (Å²) in [4.78, 5) is 31.5. The van der Waals surface area contributed by atoms with Gasteiger partial charge in [-0.25, -0.2) is 0 Å². The van der Waals surface area contributed by atoms with Gasteiger partial charge in [-0.1, -0.05) is 12.8 Å². The highest BCUT2D eigenvalue weighted by Gasteiger charge is 2.28. The van der Waals surface area contributed by atoms with E-state index in [-0.39, 0.29) is 17.9 Å². The minimum atomic E-state index is -0.267. The summed E-state index contributed by atoms with van der Waals surface area (Å²) in [6, 6.07) is 3.54. The fourth-order valence-corrected chi connectivity index (χ4v) is 4.54. The van der Waals surface area contributed by atoms with Gasteiger partial charge >= 0.3 is 0 Å². The molecule has 7 nitrogen and oxygen atoms in total. The van der Waals surface area contributed by atoms with Gasteiger partial charge in [-0.05, 0) is 31.2 Å². The Morgan fingerprint density at radius 2 is 1.82 bits per heavy atom. The lowest BCUT2D eigenvalue weighted by Crippen LogP contribution is -2.54. The Kier molecular flexibility index (Phi) is 7.43. The van der Waals surface area contributed by atoms with Crippen molar-refractivity contribution in [2.75, 3.05) is 51.1 Å². The van der Waals surface area contributed by atoms with Crippen LogP contribution in [0.1, 0.15) is 38.2 Å². The highest BCUT2D eigenvalue weighted by Crippen LogP contribution is 2.22. The minimum absolute atomic E-state index is 0.0898. The first-order valence-corrected chi connectivity index (χ1v) is 11.0. The fourth-order valence-electron chi connectivity index (χ4n) is 3.80. The zero-order valence-electron chi connectivity index (χ0n) is 16.5. The molecule has 0 aliphatic carbocycles. The standard InChI is InChI=1S/C20H29N5O2S/c1-16(19(27)22-20-17(14-21)6-13-28-20)24-11-9-23(10-12-24)15-18(26)25-7-4-2-3-5-8-25/h6,13,16H,2-5,7-12,15H2,1H3,(H,22,27)/t16-/m1/s1. The lowest BCUT2D eigenvalue weighted by Gasteiger charge is -2.37. The average molecular weight is 404 g/mol. The molecule has 8 heteroatoms. The van der Waals surface area contributed by atoms with E-state index in [2.05, 4.69) is 21.2 Å². The van der Waals surface area contributed by atoms with Crippen molar-refractivity contribution in [3.63, 3.8) is 0 Å². The maximum Gasteiger partial charge on any atom is 0.242 e. The van der Waals surface area contributed by atoms with E-state index < -0.39 is 0 Å². The van der Waals surface area contributed by atoms with Gasteiger partial charge in [0.15, 0.2) is 0 Å². The molecule has 0 spiro atoms. The Morgan fingerprint density at radius 1 is 1.14 bits per heavy atom. The van der Waals surface area contributed by atoms with E-state index >= 15 is 0 Å². The van der Waals surface area contributed by atoms with Crippen molar-refractivity contribution in [3.8, 4) is 6.07 Å². The Balaban J connectivity index is 1.44. The quantitative estimate of drug-likeness (QED) is 0.813. The van der Waals surface area contributed by atoms with E-state index in [9.17, 15) is 9.59 Å². The predicted octanol–water partition coefficient (Wildman–Crippen LogP) is 1.97. The van der Waals surface area contributed by atoms with E-state index in [1.807, 2.05) is 11.8 Å². The third kappa shape index (κ3) is 5.31. The smallest absolute Gasteiger partial charge is 0.242 e. The molecule has 0 aromatic carbocycles. The largest absolute Gasteiger partial charge is 0.342 e. The molecule has 0 saturated carbocycles. The maximum absolute atomic E-state index is 12.6. The van der Waals surface area contributed by atoms with Crippen LogP contribution in [0.15, 0.2) is 11.4 Å². The van der Waals surface area contributed by atoms with Crippen LogP contribution < -0.4 is 5.32 Å². The molecule has 2 fully saturated rings. The summed E-state index contributed by atoms with van der Waals surface area (Å²) in [6.07, 6.45) is 4.68. The first kappa shape index (κ1) is 20.8. The number of anilines is 1. The van der Waals surface area contributed by atoms with Crippen LogP contribution in [0.25, 0.3) is 0 Å². The Labute approximate surface area is 170 Å². The van der Waals surface area contributed by atoms with Crippen molar-refractivity contribution in [1.29, 1.82) is 5.26 Å². The van der Waals surface area contributed by atoms with Crippen molar-refractivity contribution in [1.82, 2.24) is 14.7 Å². The van der Waals surface area contributed by atoms with E-state index in [0.717, 1.165) is 52.1 Å². The molecule has 1 aromatic rings. The number of amides is 2. The Morgan fingerprint density at radius 3 is 2.46 bits per heavy atom. The van der Waals surface area contributed by atoms with Gasteiger partial charge < -0.3 is 10.2 Å². The molecule has 2 amide bonds. The second-order valence-corrected chi connectivity index (χ2v) is 8.46. The number of carbonyl (C=O) groups excluding carboxylic acids is 2. The fraction of sp³-hybridized carbons (Fsp3) is 0.650. The number of likely N-dealkylation sites (tertiary alicyclic amines) is 1. The summed E-state index contributed by atoms with van der Waals surface area (Å²) < 4.78 is 0. The highest BCUT2D eigenvalue weighted by molar-refractivity contribution is 7.14. The molecule has 3 heterocycles. The van der Waals surface area contributed by atoms with Gasteiger partial charge in [-0.15, -0.1) is 11.3 Å². The van der Waals surface area contributed by atoms with Crippen LogP contribution in [-0.2, 0) is 9.59 Å². The van der Waals surface area contributed by atoms with E-state index in [0.29, 0.717) is 17.1 Å². The summed E-state index contributed by atoms with van der Waals surface area (Å²) in [5.74, 6) is 0.149. The molecular formula is C20H29N5O2S. The monoisotopic (exact) mass is 403 g/mol. The van der Waals surface area contributed by atoms with Gasteiger partial charge in [0.25, 0.3) is 0 Å². The SMILES string of the molecule is C[C@H](C(=O)Nc1sccc1C#N)N1CCN(CC(=O)N2CCCCCC2)CC1. The molecule has 152 valence electrons. The molecule has 2 saturated heterocycles. The van der Waals surface area contributed by atoms with Crippen molar-refractivity contribution >= 4 is 28.2 Å². The number of thiophene rings is 1. The van der Waals surface area contributed by atoms with Gasteiger partial charge in [-0.2, -0.15) is 5.26 Å². The van der Waals surface area contributed by atoms with Crippen LogP contribution in [-0.4, -0.2) is 78.4 Å². The van der Waals surface area contributed by atoms with E-state index in [1.165, 1.54) is 24.2 Å². The first-order valence-electron chi connectivity index (χ1n) is 10.1. The van der Waals surface area contributed by atoms with Crippen molar-refractivity contribution < 1.29 is 9.59 Å². The Hall–Kier alpha value is -1.95. The van der Waals surface area contributed by atoms with Crippen molar-refractivity contribution in [3.05, 3.63) is 17.0 Å². The predicted molar refractivity (Wildman–Crippen MR) is 110 cm³/mol. The average Bonchev–Trinajstić information content (AvgIpc) is 2.97. The number of piperazine rings is 1. The zero-order chi connectivity index (χ0) is 19.9. The lowest BCUT2D eigenvalue weighted by atomic mass is 10.2. The molecule has 2 aliphatic rings. The topological polar surface area (TPSA) is 79.7 Å². The summed E-state index contributed by atoms with van der Waals surface area (Å²) >= 11 is 1.37. The second-order valence-electron chi connectivity index (χ2n) is 7.55. The number of nitrogens with one attached hydrogen (secondary N) is 1. The normalized spacial score (nSPS) is 20.2. The molecular weight excluding hydrogens is 374 g/mol.